The fourth-order valence-electron chi connectivity index (χ4n) is 2.61. The van der Waals surface area contributed by atoms with Crippen LogP contribution >= 0.6 is 11.6 Å². The minimum absolute atomic E-state index is 0.197. The predicted molar refractivity (Wildman–Crippen MR) is 101 cm³/mol. The summed E-state index contributed by atoms with van der Waals surface area (Å²) in [6.07, 6.45) is 0. The molecule has 0 N–H and O–H groups in total. The molecule has 3 rings (SSSR count). The fraction of sp³-hybridized carbons (Fsp3) is 0.136. The van der Waals surface area contributed by atoms with Gasteiger partial charge in [-0.3, -0.25) is 4.79 Å². The van der Waals surface area contributed by atoms with Crippen LogP contribution in [0.3, 0.4) is 0 Å². The third-order valence-corrected chi connectivity index (χ3v) is 4.23. The highest BCUT2D eigenvalue weighted by atomic mass is 35.5. The Balaban J connectivity index is 1.89. The molecule has 3 aromatic carbocycles. The summed E-state index contributed by atoms with van der Waals surface area (Å²) in [6.45, 7) is 0.395. The molecule has 0 fully saturated rings. The van der Waals surface area contributed by atoms with Crippen molar-refractivity contribution >= 4 is 16.8 Å². The van der Waals surface area contributed by atoms with Crippen molar-refractivity contribution in [1.82, 2.24) is 0 Å². The largest absolute Gasteiger partial charge is 0.334 e. The summed E-state index contributed by atoms with van der Waals surface area (Å²) in [5.74, 6) is -1.67. The van der Waals surface area contributed by atoms with Crippen molar-refractivity contribution < 1.29 is 14.3 Å². The first-order chi connectivity index (χ1) is 12.7. The Hall–Kier alpha value is -2.46. The van der Waals surface area contributed by atoms with Crippen LogP contribution in [-0.4, -0.2) is 5.24 Å². The quantitative estimate of drug-likeness (QED) is 0.414. The maximum atomic E-state index is 12.4. The number of rotatable bonds is 8. The Morgan fingerprint density at radius 1 is 0.692 bits per heavy atom. The molecular weight excluding hydrogens is 348 g/mol. The van der Waals surface area contributed by atoms with E-state index < -0.39 is 11.0 Å². The van der Waals surface area contributed by atoms with Gasteiger partial charge in [-0.05, 0) is 22.7 Å². The van der Waals surface area contributed by atoms with Crippen LogP contribution in [0.15, 0.2) is 91.0 Å². The van der Waals surface area contributed by atoms with Gasteiger partial charge < -0.3 is 9.47 Å². The molecule has 3 nitrogen and oxygen atoms in total. The smallest absolute Gasteiger partial charge is 0.286 e. The van der Waals surface area contributed by atoms with Crippen molar-refractivity contribution in [2.45, 2.75) is 19.0 Å². The molecule has 0 aliphatic heterocycles. The van der Waals surface area contributed by atoms with E-state index in [1.807, 2.05) is 78.9 Å². The van der Waals surface area contributed by atoms with Crippen LogP contribution in [0.5, 0.6) is 0 Å². The van der Waals surface area contributed by atoms with Crippen LogP contribution in [0.4, 0.5) is 0 Å². The van der Waals surface area contributed by atoms with Crippen LogP contribution in [0, 0.1) is 0 Å². The Morgan fingerprint density at radius 3 is 1.46 bits per heavy atom. The molecule has 0 atom stereocenters. The first-order valence-electron chi connectivity index (χ1n) is 8.32. The molecule has 132 valence electrons. The normalized spacial score (nSPS) is 11.3. The van der Waals surface area contributed by atoms with Gasteiger partial charge in [-0.1, -0.05) is 91.0 Å². The molecule has 0 aromatic heterocycles. The highest BCUT2D eigenvalue weighted by molar-refractivity contribution is 6.65. The van der Waals surface area contributed by atoms with Crippen molar-refractivity contribution in [2.75, 3.05) is 0 Å². The number of hydrogen-bond donors (Lipinski definition) is 0. The van der Waals surface area contributed by atoms with Gasteiger partial charge in [-0.25, -0.2) is 0 Å². The summed E-state index contributed by atoms with van der Waals surface area (Å²) in [7, 11) is 0. The standard InChI is InChI=1S/C22H19ClO3/c23-21(24)22(20-14-8-3-9-15-20,25-16-18-10-4-1-5-11-18)26-17-19-12-6-2-7-13-19/h1-15H,16-17H2. The highest BCUT2D eigenvalue weighted by Gasteiger charge is 2.42. The van der Waals surface area contributed by atoms with Crippen LogP contribution in [0.1, 0.15) is 16.7 Å². The average molecular weight is 367 g/mol. The Morgan fingerprint density at radius 2 is 1.08 bits per heavy atom. The summed E-state index contributed by atoms with van der Waals surface area (Å²) in [6, 6.07) is 28.2. The first-order valence-corrected chi connectivity index (χ1v) is 8.70. The van der Waals surface area contributed by atoms with E-state index in [9.17, 15) is 4.79 Å². The van der Waals surface area contributed by atoms with Gasteiger partial charge in [0.2, 0.25) is 0 Å². The van der Waals surface area contributed by atoms with Gasteiger partial charge in [0.25, 0.3) is 11.0 Å². The second-order valence-electron chi connectivity index (χ2n) is 5.80. The van der Waals surface area contributed by atoms with Gasteiger partial charge >= 0.3 is 0 Å². The Bertz CT molecular complexity index is 776. The maximum absolute atomic E-state index is 12.4. The Labute approximate surface area is 158 Å². The topological polar surface area (TPSA) is 35.5 Å². The lowest BCUT2D eigenvalue weighted by molar-refractivity contribution is -0.240. The number of ether oxygens (including phenoxy) is 2. The number of halogens is 1. The molecule has 0 bridgehead atoms. The molecular formula is C22H19ClO3. The summed E-state index contributed by atoms with van der Waals surface area (Å²) in [4.78, 5) is 12.4. The lowest BCUT2D eigenvalue weighted by Gasteiger charge is -2.30. The summed E-state index contributed by atoms with van der Waals surface area (Å²) < 4.78 is 12.0. The zero-order valence-corrected chi connectivity index (χ0v) is 14.9. The minimum Gasteiger partial charge on any atom is -0.334 e. The molecule has 4 heteroatoms. The third-order valence-electron chi connectivity index (χ3n) is 3.98. The third kappa shape index (κ3) is 4.38. The lowest BCUT2D eigenvalue weighted by Crippen LogP contribution is -2.39. The number of carbonyl (C=O) groups is 1. The second kappa shape index (κ2) is 8.77. The maximum Gasteiger partial charge on any atom is 0.286 e. The Kier molecular flexibility index (Phi) is 6.18. The van der Waals surface area contributed by atoms with E-state index in [-0.39, 0.29) is 13.2 Å². The van der Waals surface area contributed by atoms with Crippen LogP contribution in [0.25, 0.3) is 0 Å². The summed E-state index contributed by atoms with van der Waals surface area (Å²) in [5.41, 5.74) is 2.41. The lowest BCUT2D eigenvalue weighted by atomic mass is 10.1. The van der Waals surface area contributed by atoms with Gasteiger partial charge in [0.1, 0.15) is 0 Å². The molecule has 0 heterocycles. The van der Waals surface area contributed by atoms with E-state index in [0.717, 1.165) is 11.1 Å². The molecule has 0 saturated heterocycles. The van der Waals surface area contributed by atoms with Gasteiger partial charge in [0, 0.05) is 5.56 Å². The number of carbonyl (C=O) groups excluding carboxylic acids is 1. The predicted octanol–water partition coefficient (Wildman–Crippen LogP) is 5.04. The summed E-state index contributed by atoms with van der Waals surface area (Å²) >= 11 is 5.98. The SMILES string of the molecule is O=C(Cl)C(OCc1ccccc1)(OCc1ccccc1)c1ccccc1. The van der Waals surface area contributed by atoms with Crippen molar-refractivity contribution in [3.8, 4) is 0 Å². The van der Waals surface area contributed by atoms with Gasteiger partial charge in [0.05, 0.1) is 13.2 Å². The first kappa shape index (κ1) is 18.3. The summed E-state index contributed by atoms with van der Waals surface area (Å²) in [5, 5.41) is -0.712. The molecule has 0 aliphatic rings. The van der Waals surface area contributed by atoms with E-state index in [0.29, 0.717) is 5.56 Å². The fourth-order valence-corrected chi connectivity index (χ4v) is 2.83. The average Bonchev–Trinajstić information content (AvgIpc) is 2.70. The zero-order valence-electron chi connectivity index (χ0n) is 14.2. The second-order valence-corrected chi connectivity index (χ2v) is 6.15. The van der Waals surface area contributed by atoms with Crippen molar-refractivity contribution in [1.29, 1.82) is 0 Å². The monoisotopic (exact) mass is 366 g/mol. The van der Waals surface area contributed by atoms with E-state index in [4.69, 9.17) is 21.1 Å². The van der Waals surface area contributed by atoms with Gasteiger partial charge in [-0.15, -0.1) is 0 Å². The molecule has 3 aromatic rings. The minimum atomic E-state index is -1.67. The molecule has 0 saturated carbocycles. The van der Waals surface area contributed by atoms with Gasteiger partial charge in [-0.2, -0.15) is 0 Å². The van der Waals surface area contributed by atoms with Crippen molar-refractivity contribution in [2.24, 2.45) is 0 Å². The highest BCUT2D eigenvalue weighted by Crippen LogP contribution is 2.32. The van der Waals surface area contributed by atoms with Crippen LogP contribution in [0.2, 0.25) is 0 Å². The van der Waals surface area contributed by atoms with Crippen molar-refractivity contribution in [3.63, 3.8) is 0 Å². The molecule has 0 aliphatic carbocycles. The van der Waals surface area contributed by atoms with Crippen LogP contribution < -0.4 is 0 Å². The molecule has 0 radical (unpaired) electrons. The number of hydrogen-bond acceptors (Lipinski definition) is 3. The number of benzene rings is 3. The molecule has 26 heavy (non-hydrogen) atoms. The molecule has 0 unspecified atom stereocenters. The van der Waals surface area contributed by atoms with Crippen molar-refractivity contribution in [3.05, 3.63) is 108 Å². The van der Waals surface area contributed by atoms with Crippen LogP contribution in [-0.2, 0) is 33.3 Å². The van der Waals surface area contributed by atoms with Gasteiger partial charge in [0.15, 0.2) is 0 Å². The van der Waals surface area contributed by atoms with E-state index in [1.54, 1.807) is 12.1 Å². The van der Waals surface area contributed by atoms with E-state index in [2.05, 4.69) is 0 Å². The molecule has 0 amide bonds. The van der Waals surface area contributed by atoms with E-state index >= 15 is 0 Å². The molecule has 0 spiro atoms. The zero-order chi connectivity index (χ0) is 18.2. The van der Waals surface area contributed by atoms with E-state index in [1.165, 1.54) is 0 Å².